The summed E-state index contributed by atoms with van der Waals surface area (Å²) in [6.45, 7) is 5.67. The van der Waals surface area contributed by atoms with Crippen LogP contribution in [-0.2, 0) is 16.0 Å². The van der Waals surface area contributed by atoms with Crippen LogP contribution >= 0.6 is 11.6 Å². The Morgan fingerprint density at radius 2 is 1.88 bits per heavy atom. The number of benzene rings is 2. The predicted octanol–water partition coefficient (Wildman–Crippen LogP) is 2.45. The number of nitrogens with zero attached hydrogens (tertiary/aromatic N) is 1. The third-order valence-electron chi connectivity index (χ3n) is 7.51. The van der Waals surface area contributed by atoms with Gasteiger partial charge in [-0.1, -0.05) is 23.7 Å². The molecule has 2 aliphatic rings. The zero-order chi connectivity index (χ0) is 28.5. The third kappa shape index (κ3) is 8.08. The van der Waals surface area contributed by atoms with Gasteiger partial charge in [-0.15, -0.1) is 0 Å². The summed E-state index contributed by atoms with van der Waals surface area (Å²) in [6, 6.07) is 10.5. The molecule has 2 saturated heterocycles. The zero-order valence-electron chi connectivity index (χ0n) is 23.2. The van der Waals surface area contributed by atoms with Crippen molar-refractivity contribution in [2.75, 3.05) is 59.2 Å². The van der Waals surface area contributed by atoms with E-state index in [1.807, 2.05) is 24.3 Å². The maximum absolute atomic E-state index is 13.0. The van der Waals surface area contributed by atoms with Gasteiger partial charge in [0, 0.05) is 45.9 Å². The maximum atomic E-state index is 13.0. The summed E-state index contributed by atoms with van der Waals surface area (Å²) in [5, 5.41) is 10.1. The van der Waals surface area contributed by atoms with Crippen LogP contribution in [0.15, 0.2) is 36.4 Å². The van der Waals surface area contributed by atoms with E-state index >= 15 is 0 Å². The van der Waals surface area contributed by atoms with Crippen LogP contribution in [-0.4, -0.2) is 88.5 Å². The Labute approximate surface area is 240 Å². The molecule has 2 unspecified atom stereocenters. The Bertz CT molecular complexity index is 1140. The number of rotatable bonds is 11. The summed E-state index contributed by atoms with van der Waals surface area (Å²) in [5.74, 6) is -0.148. The van der Waals surface area contributed by atoms with E-state index < -0.39 is 0 Å². The second-order valence-corrected chi connectivity index (χ2v) is 10.7. The van der Waals surface area contributed by atoms with E-state index in [2.05, 4.69) is 20.9 Å². The fraction of sp³-hybridized carbons (Fsp3) is 0.517. The predicted molar refractivity (Wildman–Crippen MR) is 155 cm³/mol. The number of nitrogen functional groups attached to an aromatic ring is 1. The monoisotopic (exact) mass is 573 g/mol. The molecule has 0 radical (unpaired) electrons. The fourth-order valence-corrected chi connectivity index (χ4v) is 5.27. The fourth-order valence-electron chi connectivity index (χ4n) is 5.11. The smallest absolute Gasteiger partial charge is 0.338 e. The van der Waals surface area contributed by atoms with Gasteiger partial charge < -0.3 is 35.9 Å². The first-order valence-electron chi connectivity index (χ1n) is 13.8. The SMILES string of the molecule is COc1cc(N)c(Cl)cc1C(=O)NC1CCN(CCNCc2ccc(C(=O)OC3CCNCC3)cc2)CC1OC. The lowest BCUT2D eigenvalue weighted by Crippen LogP contribution is -2.55. The number of amides is 1. The van der Waals surface area contributed by atoms with Crippen molar-refractivity contribution in [3.8, 4) is 5.75 Å². The molecule has 2 aliphatic heterocycles. The molecule has 0 bridgehead atoms. The van der Waals surface area contributed by atoms with E-state index in [9.17, 15) is 9.59 Å². The highest BCUT2D eigenvalue weighted by atomic mass is 35.5. The first-order chi connectivity index (χ1) is 19.4. The van der Waals surface area contributed by atoms with Gasteiger partial charge >= 0.3 is 5.97 Å². The van der Waals surface area contributed by atoms with Crippen LogP contribution in [0.4, 0.5) is 5.69 Å². The molecule has 5 N–H and O–H groups in total. The van der Waals surface area contributed by atoms with Crippen molar-refractivity contribution in [3.63, 3.8) is 0 Å². The highest BCUT2D eigenvalue weighted by molar-refractivity contribution is 6.33. The van der Waals surface area contributed by atoms with Gasteiger partial charge in [0.25, 0.3) is 5.91 Å². The number of nitrogens with two attached hydrogens (primary N) is 1. The molecule has 40 heavy (non-hydrogen) atoms. The molecule has 0 saturated carbocycles. The van der Waals surface area contributed by atoms with Gasteiger partial charge in [-0.05, 0) is 56.1 Å². The summed E-state index contributed by atoms with van der Waals surface area (Å²) in [6.07, 6.45) is 2.33. The average molecular weight is 574 g/mol. The molecular formula is C29H40ClN5O5. The van der Waals surface area contributed by atoms with Gasteiger partial charge in [0.05, 0.1) is 41.1 Å². The van der Waals surface area contributed by atoms with Crippen LogP contribution in [0, 0.1) is 0 Å². The number of carbonyl (C=O) groups excluding carboxylic acids is 2. The van der Waals surface area contributed by atoms with Gasteiger partial charge in [0.1, 0.15) is 11.9 Å². The van der Waals surface area contributed by atoms with Gasteiger partial charge in [0.15, 0.2) is 0 Å². The Kier molecular flexibility index (Phi) is 11.0. The second-order valence-electron chi connectivity index (χ2n) is 10.2. The minimum absolute atomic E-state index is 0.000440. The molecule has 1 amide bonds. The third-order valence-corrected chi connectivity index (χ3v) is 7.84. The average Bonchev–Trinajstić information content (AvgIpc) is 2.97. The molecule has 0 aliphatic carbocycles. The molecule has 10 nitrogen and oxygen atoms in total. The molecule has 2 aromatic carbocycles. The first kappa shape index (κ1) is 30.1. The van der Waals surface area contributed by atoms with Gasteiger partial charge in [-0.2, -0.15) is 0 Å². The summed E-state index contributed by atoms with van der Waals surface area (Å²) in [4.78, 5) is 27.7. The van der Waals surface area contributed by atoms with Crippen LogP contribution in [0.5, 0.6) is 5.75 Å². The summed E-state index contributed by atoms with van der Waals surface area (Å²) >= 11 is 6.14. The lowest BCUT2D eigenvalue weighted by atomic mass is 10.0. The van der Waals surface area contributed by atoms with Crippen LogP contribution in [0.1, 0.15) is 45.5 Å². The number of halogens is 1. The number of esters is 1. The van der Waals surface area contributed by atoms with Crippen LogP contribution in [0.25, 0.3) is 0 Å². The maximum Gasteiger partial charge on any atom is 0.338 e. The van der Waals surface area contributed by atoms with Crippen LogP contribution in [0.2, 0.25) is 5.02 Å². The van der Waals surface area contributed by atoms with Crippen LogP contribution < -0.4 is 26.4 Å². The van der Waals surface area contributed by atoms with Crippen molar-refractivity contribution in [3.05, 3.63) is 58.1 Å². The molecule has 2 atom stereocenters. The van der Waals surface area contributed by atoms with Gasteiger partial charge in [0.2, 0.25) is 0 Å². The molecular weight excluding hydrogens is 534 g/mol. The number of nitrogens with one attached hydrogen (secondary N) is 3. The number of hydrogen-bond acceptors (Lipinski definition) is 9. The number of piperidine rings is 2. The van der Waals surface area contributed by atoms with Crippen molar-refractivity contribution in [2.45, 2.75) is 44.1 Å². The molecule has 2 aromatic rings. The zero-order valence-corrected chi connectivity index (χ0v) is 24.0. The Morgan fingerprint density at radius 3 is 2.58 bits per heavy atom. The van der Waals surface area contributed by atoms with Crippen molar-refractivity contribution in [1.29, 1.82) is 0 Å². The minimum Gasteiger partial charge on any atom is -0.496 e. The summed E-state index contributed by atoms with van der Waals surface area (Å²) in [7, 11) is 3.16. The Morgan fingerprint density at radius 1 is 1.12 bits per heavy atom. The lowest BCUT2D eigenvalue weighted by molar-refractivity contribution is 0.00677. The summed E-state index contributed by atoms with van der Waals surface area (Å²) < 4.78 is 16.7. The molecule has 0 aromatic heterocycles. The van der Waals surface area contributed by atoms with E-state index in [0.29, 0.717) is 40.7 Å². The van der Waals surface area contributed by atoms with Gasteiger partial charge in [-0.3, -0.25) is 9.69 Å². The van der Waals surface area contributed by atoms with Crippen molar-refractivity contribution >= 4 is 29.2 Å². The molecule has 4 rings (SSSR count). The quantitative estimate of drug-likeness (QED) is 0.182. The number of ether oxygens (including phenoxy) is 3. The van der Waals surface area contributed by atoms with E-state index in [4.69, 9.17) is 31.5 Å². The standard InChI is InChI=1S/C29H40ClN5O5/c1-38-26-16-24(31)23(30)15-22(26)28(36)34-25-9-13-35(18-27(25)39-2)14-12-33-17-19-3-5-20(6-4-19)29(37)40-21-7-10-32-11-8-21/h3-6,15-16,21,25,27,32-33H,7-14,17-18,31H2,1-2H3,(H,34,36). The lowest BCUT2D eigenvalue weighted by Gasteiger charge is -2.38. The van der Waals surface area contributed by atoms with E-state index in [-0.39, 0.29) is 30.1 Å². The van der Waals surface area contributed by atoms with Crippen molar-refractivity contribution in [2.24, 2.45) is 0 Å². The van der Waals surface area contributed by atoms with E-state index in [0.717, 1.165) is 57.5 Å². The largest absolute Gasteiger partial charge is 0.496 e. The van der Waals surface area contributed by atoms with E-state index in [1.165, 1.54) is 13.2 Å². The molecule has 218 valence electrons. The van der Waals surface area contributed by atoms with Crippen molar-refractivity contribution in [1.82, 2.24) is 20.9 Å². The van der Waals surface area contributed by atoms with Crippen LogP contribution in [0.3, 0.4) is 0 Å². The number of carbonyl (C=O) groups is 2. The number of anilines is 1. The Balaban J connectivity index is 1.19. The Hall–Kier alpha value is -2.89. The van der Waals surface area contributed by atoms with E-state index in [1.54, 1.807) is 13.2 Å². The normalized spacial score (nSPS) is 20.2. The number of methoxy groups -OCH3 is 2. The molecule has 11 heteroatoms. The first-order valence-corrected chi connectivity index (χ1v) is 14.2. The highest BCUT2D eigenvalue weighted by Gasteiger charge is 2.31. The number of likely N-dealkylation sites (tertiary alicyclic amines) is 1. The van der Waals surface area contributed by atoms with Gasteiger partial charge in [-0.25, -0.2) is 4.79 Å². The van der Waals surface area contributed by atoms with Crippen molar-refractivity contribution < 1.29 is 23.8 Å². The highest BCUT2D eigenvalue weighted by Crippen LogP contribution is 2.29. The minimum atomic E-state index is -0.272. The molecule has 2 heterocycles. The number of hydrogen-bond donors (Lipinski definition) is 4. The topological polar surface area (TPSA) is 127 Å². The molecule has 0 spiro atoms. The molecule has 2 fully saturated rings. The summed E-state index contributed by atoms with van der Waals surface area (Å²) in [5.41, 5.74) is 8.23. The second kappa shape index (κ2) is 14.7.